The normalized spacial score (nSPS) is 11.5. The number of carbonyl (C=O) groups is 1. The van der Waals surface area contributed by atoms with Crippen molar-refractivity contribution in [2.75, 3.05) is 18.1 Å². The molecular formula is C12H14N2O2S. The van der Waals surface area contributed by atoms with Crippen molar-refractivity contribution in [2.45, 2.75) is 6.92 Å². The van der Waals surface area contributed by atoms with Crippen LogP contribution in [-0.2, 0) is 10.8 Å². The molecule has 1 aromatic carbocycles. The SMILES string of the molecule is CCS(=O)CCNC(=O)c1cccc(C#N)c1. The minimum atomic E-state index is -0.873. The molecule has 0 heterocycles. The number of hydrogen-bond donors (Lipinski definition) is 1. The van der Waals surface area contributed by atoms with Crippen LogP contribution in [0.2, 0.25) is 0 Å². The van der Waals surface area contributed by atoms with E-state index in [0.717, 1.165) is 0 Å². The number of hydrogen-bond acceptors (Lipinski definition) is 3. The van der Waals surface area contributed by atoms with Gasteiger partial charge < -0.3 is 5.32 Å². The molecule has 1 aromatic rings. The lowest BCUT2D eigenvalue weighted by molar-refractivity contribution is 0.0956. The van der Waals surface area contributed by atoms with Gasteiger partial charge >= 0.3 is 0 Å². The Morgan fingerprint density at radius 3 is 2.94 bits per heavy atom. The molecule has 1 unspecified atom stereocenters. The zero-order valence-electron chi connectivity index (χ0n) is 9.60. The largest absolute Gasteiger partial charge is 0.351 e. The van der Waals surface area contributed by atoms with E-state index >= 15 is 0 Å². The topological polar surface area (TPSA) is 70.0 Å². The molecule has 1 N–H and O–H groups in total. The second-order valence-electron chi connectivity index (χ2n) is 3.38. The Hall–Kier alpha value is -1.67. The van der Waals surface area contributed by atoms with Crippen LogP contribution in [0.3, 0.4) is 0 Å². The van der Waals surface area contributed by atoms with Gasteiger partial charge in [0, 0.05) is 34.4 Å². The highest BCUT2D eigenvalue weighted by molar-refractivity contribution is 7.84. The smallest absolute Gasteiger partial charge is 0.251 e. The molecule has 17 heavy (non-hydrogen) atoms. The average molecular weight is 250 g/mol. The quantitative estimate of drug-likeness (QED) is 0.849. The van der Waals surface area contributed by atoms with E-state index in [1.54, 1.807) is 18.2 Å². The van der Waals surface area contributed by atoms with Crippen LogP contribution in [0.5, 0.6) is 0 Å². The fourth-order valence-electron chi connectivity index (χ4n) is 1.25. The lowest BCUT2D eigenvalue weighted by atomic mass is 10.1. The van der Waals surface area contributed by atoms with Crippen LogP contribution in [0, 0.1) is 11.3 Å². The maximum atomic E-state index is 11.7. The third-order valence-electron chi connectivity index (χ3n) is 2.19. The molecule has 0 aliphatic carbocycles. The first kappa shape index (κ1) is 13.4. The summed E-state index contributed by atoms with van der Waals surface area (Å²) in [5.74, 6) is 0.815. The van der Waals surface area contributed by atoms with E-state index in [0.29, 0.717) is 29.2 Å². The first-order valence-corrected chi connectivity index (χ1v) is 6.79. The van der Waals surface area contributed by atoms with Crippen LogP contribution >= 0.6 is 0 Å². The van der Waals surface area contributed by atoms with Crippen LogP contribution in [0.25, 0.3) is 0 Å². The molecule has 0 saturated carbocycles. The molecule has 0 aromatic heterocycles. The second kappa shape index (κ2) is 6.81. The fraction of sp³-hybridized carbons (Fsp3) is 0.333. The van der Waals surface area contributed by atoms with Crippen molar-refractivity contribution in [1.82, 2.24) is 5.32 Å². The van der Waals surface area contributed by atoms with Crippen molar-refractivity contribution >= 4 is 16.7 Å². The van der Waals surface area contributed by atoms with Crippen molar-refractivity contribution in [3.63, 3.8) is 0 Å². The van der Waals surface area contributed by atoms with E-state index < -0.39 is 10.8 Å². The summed E-state index contributed by atoms with van der Waals surface area (Å²) < 4.78 is 11.1. The van der Waals surface area contributed by atoms with Gasteiger partial charge in [-0.05, 0) is 18.2 Å². The zero-order chi connectivity index (χ0) is 12.7. The van der Waals surface area contributed by atoms with Crippen LogP contribution in [0.1, 0.15) is 22.8 Å². The van der Waals surface area contributed by atoms with Gasteiger partial charge in [0.15, 0.2) is 0 Å². The lowest BCUT2D eigenvalue weighted by Crippen LogP contribution is -2.28. The number of nitrogens with one attached hydrogen (secondary N) is 1. The third-order valence-corrected chi connectivity index (χ3v) is 3.49. The summed E-state index contributed by atoms with van der Waals surface area (Å²) in [6, 6.07) is 8.46. The first-order valence-electron chi connectivity index (χ1n) is 5.30. The fourth-order valence-corrected chi connectivity index (χ4v) is 1.87. The molecule has 4 nitrogen and oxygen atoms in total. The van der Waals surface area contributed by atoms with Crippen molar-refractivity contribution in [1.29, 1.82) is 5.26 Å². The second-order valence-corrected chi connectivity index (χ2v) is 5.25. The highest BCUT2D eigenvalue weighted by Crippen LogP contribution is 2.03. The van der Waals surface area contributed by atoms with Gasteiger partial charge in [0.2, 0.25) is 0 Å². The monoisotopic (exact) mass is 250 g/mol. The van der Waals surface area contributed by atoms with Crippen LogP contribution in [0.15, 0.2) is 24.3 Å². The first-order chi connectivity index (χ1) is 8.17. The highest BCUT2D eigenvalue weighted by atomic mass is 32.2. The van der Waals surface area contributed by atoms with Crippen molar-refractivity contribution in [3.8, 4) is 6.07 Å². The van der Waals surface area contributed by atoms with E-state index in [4.69, 9.17) is 5.26 Å². The molecule has 0 fully saturated rings. The Balaban J connectivity index is 2.53. The van der Waals surface area contributed by atoms with Crippen LogP contribution in [-0.4, -0.2) is 28.2 Å². The van der Waals surface area contributed by atoms with E-state index in [1.807, 2.05) is 13.0 Å². The number of amides is 1. The van der Waals surface area contributed by atoms with Gasteiger partial charge in [-0.1, -0.05) is 13.0 Å². The zero-order valence-corrected chi connectivity index (χ0v) is 10.4. The molecule has 1 rings (SSSR count). The Labute approximate surface area is 103 Å². The number of benzene rings is 1. The van der Waals surface area contributed by atoms with Gasteiger partial charge in [0.1, 0.15) is 0 Å². The Morgan fingerprint density at radius 1 is 1.53 bits per heavy atom. The molecule has 0 aliphatic rings. The van der Waals surface area contributed by atoms with Crippen LogP contribution < -0.4 is 5.32 Å². The molecule has 1 amide bonds. The summed E-state index contributed by atoms with van der Waals surface area (Å²) in [6.45, 7) is 2.23. The van der Waals surface area contributed by atoms with Gasteiger partial charge in [0.05, 0.1) is 11.6 Å². The summed E-state index contributed by atoms with van der Waals surface area (Å²) >= 11 is 0. The summed E-state index contributed by atoms with van der Waals surface area (Å²) in [7, 11) is -0.873. The minimum absolute atomic E-state index is 0.241. The molecule has 0 aliphatic heterocycles. The average Bonchev–Trinajstić information content (AvgIpc) is 2.38. The van der Waals surface area contributed by atoms with Gasteiger partial charge in [-0.2, -0.15) is 5.26 Å². The van der Waals surface area contributed by atoms with Crippen molar-refractivity contribution in [3.05, 3.63) is 35.4 Å². The van der Waals surface area contributed by atoms with E-state index in [1.165, 1.54) is 6.07 Å². The number of rotatable bonds is 5. The van der Waals surface area contributed by atoms with Crippen molar-refractivity contribution in [2.24, 2.45) is 0 Å². The standard InChI is InChI=1S/C12H14N2O2S/c1-2-17(16)7-6-14-12(15)11-5-3-4-10(8-11)9-13/h3-5,8H,2,6-7H2,1H3,(H,14,15). The predicted molar refractivity (Wildman–Crippen MR) is 67.0 cm³/mol. The summed E-state index contributed by atoms with van der Waals surface area (Å²) in [6.07, 6.45) is 0. The van der Waals surface area contributed by atoms with Gasteiger partial charge in [0.25, 0.3) is 5.91 Å². The van der Waals surface area contributed by atoms with Gasteiger partial charge in [-0.15, -0.1) is 0 Å². The summed E-state index contributed by atoms with van der Waals surface area (Å²) in [5.41, 5.74) is 0.904. The molecule has 0 spiro atoms. The summed E-state index contributed by atoms with van der Waals surface area (Å²) in [5, 5.41) is 11.4. The Morgan fingerprint density at radius 2 is 2.29 bits per heavy atom. The van der Waals surface area contributed by atoms with E-state index in [-0.39, 0.29) is 5.91 Å². The van der Waals surface area contributed by atoms with Crippen LogP contribution in [0.4, 0.5) is 0 Å². The molecular weight excluding hydrogens is 236 g/mol. The molecule has 0 saturated heterocycles. The molecule has 5 heteroatoms. The number of nitrogens with zero attached hydrogens (tertiary/aromatic N) is 1. The maximum Gasteiger partial charge on any atom is 0.251 e. The van der Waals surface area contributed by atoms with Crippen molar-refractivity contribution < 1.29 is 9.00 Å². The Kier molecular flexibility index (Phi) is 5.37. The van der Waals surface area contributed by atoms with Gasteiger partial charge in [-0.3, -0.25) is 9.00 Å². The number of carbonyl (C=O) groups excluding carboxylic acids is 1. The summed E-state index contributed by atoms with van der Waals surface area (Å²) in [4.78, 5) is 11.7. The van der Waals surface area contributed by atoms with E-state index in [9.17, 15) is 9.00 Å². The predicted octanol–water partition coefficient (Wildman–Crippen LogP) is 1.06. The Bertz CT molecular complexity index is 466. The third kappa shape index (κ3) is 4.37. The van der Waals surface area contributed by atoms with Gasteiger partial charge in [-0.25, -0.2) is 0 Å². The minimum Gasteiger partial charge on any atom is -0.351 e. The maximum absolute atomic E-state index is 11.7. The molecule has 90 valence electrons. The molecule has 0 radical (unpaired) electrons. The lowest BCUT2D eigenvalue weighted by Gasteiger charge is -2.04. The molecule has 1 atom stereocenters. The highest BCUT2D eigenvalue weighted by Gasteiger charge is 2.05. The van der Waals surface area contributed by atoms with E-state index in [2.05, 4.69) is 5.32 Å². The molecule has 0 bridgehead atoms. The number of nitriles is 1.